The predicted molar refractivity (Wildman–Crippen MR) is 106 cm³/mol. The summed E-state index contributed by atoms with van der Waals surface area (Å²) < 4.78 is 1.67. The van der Waals surface area contributed by atoms with Gasteiger partial charge in [-0.05, 0) is 30.2 Å². The third-order valence-electron chi connectivity index (χ3n) is 4.36. The lowest BCUT2D eigenvalue weighted by atomic mass is 10.0. The summed E-state index contributed by atoms with van der Waals surface area (Å²) in [5.74, 6) is -0.290. The predicted octanol–water partition coefficient (Wildman–Crippen LogP) is 2.46. The van der Waals surface area contributed by atoms with Crippen molar-refractivity contribution < 1.29 is 9.59 Å². The molecule has 1 heterocycles. The smallest absolute Gasteiger partial charge is 0.222 e. The number of nitrogens with one attached hydrogen (secondary N) is 2. The normalized spacial score (nSPS) is 11.6. The van der Waals surface area contributed by atoms with Crippen molar-refractivity contribution in [1.29, 1.82) is 0 Å². The maximum atomic E-state index is 12.4. The van der Waals surface area contributed by atoms with E-state index in [9.17, 15) is 9.59 Å². The highest BCUT2D eigenvalue weighted by Gasteiger charge is 2.17. The molecule has 2 N–H and O–H groups in total. The summed E-state index contributed by atoms with van der Waals surface area (Å²) in [5.41, 5.74) is 3.92. The lowest BCUT2D eigenvalue weighted by Gasteiger charge is -2.18. The molecular formula is C21H23N5O2. The Bertz CT molecular complexity index is 918. The van der Waals surface area contributed by atoms with Crippen LogP contribution in [-0.4, -0.2) is 26.6 Å². The molecule has 2 aromatic carbocycles. The van der Waals surface area contributed by atoms with Gasteiger partial charge in [-0.2, -0.15) is 5.10 Å². The maximum Gasteiger partial charge on any atom is 0.222 e. The van der Waals surface area contributed by atoms with Gasteiger partial charge < -0.3 is 10.6 Å². The number of nitrogens with zero attached hydrogens (tertiary/aromatic N) is 3. The second-order valence-electron chi connectivity index (χ2n) is 6.65. The molecule has 7 heteroatoms. The zero-order chi connectivity index (χ0) is 19.9. The van der Waals surface area contributed by atoms with Crippen LogP contribution in [0, 0.1) is 6.92 Å². The van der Waals surface area contributed by atoms with Gasteiger partial charge in [-0.15, -0.1) is 0 Å². The van der Waals surface area contributed by atoms with Crippen LogP contribution in [0.3, 0.4) is 0 Å². The molecule has 0 radical (unpaired) electrons. The molecule has 0 aliphatic heterocycles. The standard InChI is InChI=1S/C21H23N5O2/c1-15-3-7-18(8-4-15)20(25-16(2)27)11-21(28)23-12-17-5-9-19(10-6-17)26-14-22-13-24-26/h3-10,13-14,20H,11-12H2,1-2H3,(H,23,28)(H,25,27). The van der Waals surface area contributed by atoms with Crippen LogP contribution in [0.2, 0.25) is 0 Å². The minimum absolute atomic E-state index is 0.125. The van der Waals surface area contributed by atoms with Crippen LogP contribution >= 0.6 is 0 Å². The zero-order valence-electron chi connectivity index (χ0n) is 15.9. The Kier molecular flexibility index (Phi) is 6.16. The average Bonchev–Trinajstić information content (AvgIpc) is 3.21. The Balaban J connectivity index is 1.58. The fraction of sp³-hybridized carbons (Fsp3) is 0.238. The topological polar surface area (TPSA) is 88.9 Å². The minimum atomic E-state index is -0.354. The van der Waals surface area contributed by atoms with Gasteiger partial charge in [0.1, 0.15) is 12.7 Å². The third kappa shape index (κ3) is 5.26. The van der Waals surface area contributed by atoms with Crippen molar-refractivity contribution in [1.82, 2.24) is 25.4 Å². The van der Waals surface area contributed by atoms with E-state index >= 15 is 0 Å². The molecule has 1 aromatic heterocycles. The van der Waals surface area contributed by atoms with Crippen LogP contribution < -0.4 is 10.6 Å². The molecule has 0 fully saturated rings. The van der Waals surface area contributed by atoms with E-state index in [2.05, 4.69) is 20.7 Å². The highest BCUT2D eigenvalue weighted by Crippen LogP contribution is 2.18. The first kappa shape index (κ1) is 19.3. The van der Waals surface area contributed by atoms with Crippen molar-refractivity contribution in [3.63, 3.8) is 0 Å². The molecule has 0 aliphatic carbocycles. The van der Waals surface area contributed by atoms with Crippen LogP contribution in [0.25, 0.3) is 5.69 Å². The highest BCUT2D eigenvalue weighted by molar-refractivity contribution is 5.79. The summed E-state index contributed by atoms with van der Waals surface area (Å²) >= 11 is 0. The molecule has 0 spiro atoms. The molecule has 3 aromatic rings. The largest absolute Gasteiger partial charge is 0.352 e. The van der Waals surface area contributed by atoms with Gasteiger partial charge in [0.2, 0.25) is 11.8 Å². The lowest BCUT2D eigenvalue weighted by Crippen LogP contribution is -2.32. The van der Waals surface area contributed by atoms with Gasteiger partial charge in [-0.25, -0.2) is 9.67 Å². The van der Waals surface area contributed by atoms with E-state index in [1.54, 1.807) is 11.0 Å². The highest BCUT2D eigenvalue weighted by atomic mass is 16.2. The fourth-order valence-electron chi connectivity index (χ4n) is 2.86. The number of amides is 2. The molecule has 0 saturated heterocycles. The number of benzene rings is 2. The summed E-state index contributed by atoms with van der Waals surface area (Å²) in [6.45, 7) is 3.87. The molecule has 0 saturated carbocycles. The summed E-state index contributed by atoms with van der Waals surface area (Å²) in [4.78, 5) is 27.9. The van der Waals surface area contributed by atoms with E-state index < -0.39 is 0 Å². The molecule has 0 bridgehead atoms. The van der Waals surface area contributed by atoms with Gasteiger partial charge in [0.15, 0.2) is 0 Å². The number of aromatic nitrogens is 3. The molecular weight excluding hydrogens is 354 g/mol. The Morgan fingerprint density at radius 3 is 2.39 bits per heavy atom. The summed E-state index contributed by atoms with van der Waals surface area (Å²) in [7, 11) is 0. The summed E-state index contributed by atoms with van der Waals surface area (Å²) in [5, 5.41) is 9.85. The quantitative estimate of drug-likeness (QED) is 0.662. The monoisotopic (exact) mass is 377 g/mol. The van der Waals surface area contributed by atoms with Crippen molar-refractivity contribution in [2.24, 2.45) is 0 Å². The number of hydrogen-bond donors (Lipinski definition) is 2. The van der Waals surface area contributed by atoms with Gasteiger partial charge >= 0.3 is 0 Å². The Labute approximate surface area is 163 Å². The zero-order valence-corrected chi connectivity index (χ0v) is 15.9. The van der Waals surface area contributed by atoms with Gasteiger partial charge in [-0.3, -0.25) is 9.59 Å². The average molecular weight is 377 g/mol. The van der Waals surface area contributed by atoms with Crippen LogP contribution in [0.15, 0.2) is 61.2 Å². The van der Waals surface area contributed by atoms with E-state index in [0.717, 1.165) is 22.4 Å². The first-order valence-electron chi connectivity index (χ1n) is 9.05. The second kappa shape index (κ2) is 8.94. The van der Waals surface area contributed by atoms with Crippen molar-refractivity contribution in [3.05, 3.63) is 77.9 Å². The maximum absolute atomic E-state index is 12.4. The van der Waals surface area contributed by atoms with Crippen molar-refractivity contribution in [2.45, 2.75) is 32.9 Å². The summed E-state index contributed by atoms with van der Waals surface area (Å²) in [6, 6.07) is 15.2. The van der Waals surface area contributed by atoms with Crippen LogP contribution in [0.1, 0.15) is 36.1 Å². The second-order valence-corrected chi connectivity index (χ2v) is 6.65. The van der Waals surface area contributed by atoms with Gasteiger partial charge in [0.05, 0.1) is 18.2 Å². The van der Waals surface area contributed by atoms with Crippen LogP contribution in [-0.2, 0) is 16.1 Å². The van der Waals surface area contributed by atoms with E-state index in [1.165, 1.54) is 13.3 Å². The van der Waals surface area contributed by atoms with E-state index in [-0.39, 0.29) is 24.3 Å². The van der Waals surface area contributed by atoms with Crippen molar-refractivity contribution in [3.8, 4) is 5.69 Å². The van der Waals surface area contributed by atoms with Gasteiger partial charge in [0.25, 0.3) is 0 Å². The summed E-state index contributed by atoms with van der Waals surface area (Å²) in [6.07, 6.45) is 3.29. The lowest BCUT2D eigenvalue weighted by molar-refractivity contribution is -0.122. The number of rotatable bonds is 7. The third-order valence-corrected chi connectivity index (χ3v) is 4.36. The first-order chi connectivity index (χ1) is 13.5. The Morgan fingerprint density at radius 2 is 1.79 bits per heavy atom. The number of hydrogen-bond acceptors (Lipinski definition) is 4. The van der Waals surface area contributed by atoms with Crippen molar-refractivity contribution in [2.75, 3.05) is 0 Å². The van der Waals surface area contributed by atoms with E-state index in [0.29, 0.717) is 6.54 Å². The number of carbonyl (C=O) groups is 2. The van der Waals surface area contributed by atoms with Gasteiger partial charge in [0, 0.05) is 13.5 Å². The number of carbonyl (C=O) groups excluding carboxylic acids is 2. The fourth-order valence-corrected chi connectivity index (χ4v) is 2.86. The molecule has 0 aliphatic rings. The molecule has 1 unspecified atom stereocenters. The molecule has 7 nitrogen and oxygen atoms in total. The van der Waals surface area contributed by atoms with Crippen LogP contribution in [0.4, 0.5) is 0 Å². The van der Waals surface area contributed by atoms with Crippen LogP contribution in [0.5, 0.6) is 0 Å². The van der Waals surface area contributed by atoms with E-state index in [1.807, 2.05) is 55.5 Å². The Hall–Kier alpha value is -3.48. The number of aryl methyl sites for hydroxylation is 1. The first-order valence-corrected chi connectivity index (χ1v) is 9.05. The Morgan fingerprint density at radius 1 is 1.07 bits per heavy atom. The van der Waals surface area contributed by atoms with Crippen molar-refractivity contribution >= 4 is 11.8 Å². The molecule has 1 atom stereocenters. The van der Waals surface area contributed by atoms with E-state index in [4.69, 9.17) is 0 Å². The molecule has 28 heavy (non-hydrogen) atoms. The SMILES string of the molecule is CC(=O)NC(CC(=O)NCc1ccc(-n2cncn2)cc1)c1ccc(C)cc1. The van der Waals surface area contributed by atoms with Gasteiger partial charge in [-0.1, -0.05) is 42.0 Å². The molecule has 3 rings (SSSR count). The molecule has 144 valence electrons. The minimum Gasteiger partial charge on any atom is -0.352 e. The molecule has 2 amide bonds.